The molecule has 3 nitrogen and oxygen atoms in total. The second-order valence-corrected chi connectivity index (χ2v) is 4.35. The maximum atomic E-state index is 5.57. The summed E-state index contributed by atoms with van der Waals surface area (Å²) in [5, 5.41) is 3.53. The van der Waals surface area contributed by atoms with Crippen LogP contribution in [0.5, 0.6) is 0 Å². The summed E-state index contributed by atoms with van der Waals surface area (Å²) >= 11 is 0. The predicted molar refractivity (Wildman–Crippen MR) is 59.6 cm³/mol. The monoisotopic (exact) mass is 200 g/mol. The number of ether oxygens (including phenoxy) is 1. The standard InChI is InChI=1S/C11H24N2O/c1-13(2)8-10-14-9-6-11-5-3-4-7-12-11/h11-12H,3-10H2,1-2H3. The van der Waals surface area contributed by atoms with Crippen molar-refractivity contribution < 1.29 is 4.74 Å². The molecule has 0 amide bonds. The van der Waals surface area contributed by atoms with Gasteiger partial charge >= 0.3 is 0 Å². The third-order valence-corrected chi connectivity index (χ3v) is 2.71. The van der Waals surface area contributed by atoms with Gasteiger partial charge in [0, 0.05) is 19.2 Å². The van der Waals surface area contributed by atoms with E-state index in [9.17, 15) is 0 Å². The van der Waals surface area contributed by atoms with Gasteiger partial charge in [0.25, 0.3) is 0 Å². The number of nitrogens with zero attached hydrogens (tertiary/aromatic N) is 1. The first-order valence-corrected chi connectivity index (χ1v) is 5.75. The van der Waals surface area contributed by atoms with Crippen molar-refractivity contribution in [2.75, 3.05) is 40.4 Å². The summed E-state index contributed by atoms with van der Waals surface area (Å²) in [5.74, 6) is 0. The van der Waals surface area contributed by atoms with Gasteiger partial charge in [0.2, 0.25) is 0 Å². The number of hydrogen-bond acceptors (Lipinski definition) is 3. The average molecular weight is 200 g/mol. The van der Waals surface area contributed by atoms with Gasteiger partial charge in [-0.25, -0.2) is 0 Å². The molecule has 1 heterocycles. The van der Waals surface area contributed by atoms with Crippen molar-refractivity contribution in [2.45, 2.75) is 31.7 Å². The molecule has 1 rings (SSSR count). The fraction of sp³-hybridized carbons (Fsp3) is 1.00. The minimum Gasteiger partial charge on any atom is -0.380 e. The van der Waals surface area contributed by atoms with E-state index in [1.165, 1.54) is 32.2 Å². The zero-order chi connectivity index (χ0) is 10.2. The summed E-state index contributed by atoms with van der Waals surface area (Å²) < 4.78 is 5.57. The van der Waals surface area contributed by atoms with Crippen LogP contribution in [0.4, 0.5) is 0 Å². The second-order valence-electron chi connectivity index (χ2n) is 4.35. The van der Waals surface area contributed by atoms with Gasteiger partial charge in [0.05, 0.1) is 6.61 Å². The lowest BCUT2D eigenvalue weighted by atomic mass is 10.0. The molecule has 0 spiro atoms. The van der Waals surface area contributed by atoms with Crippen molar-refractivity contribution in [1.29, 1.82) is 0 Å². The Hall–Kier alpha value is -0.120. The maximum absolute atomic E-state index is 5.57. The van der Waals surface area contributed by atoms with E-state index < -0.39 is 0 Å². The Labute approximate surface area is 87.8 Å². The topological polar surface area (TPSA) is 24.5 Å². The van der Waals surface area contributed by atoms with Crippen LogP contribution in [0, 0.1) is 0 Å². The molecule has 1 aliphatic heterocycles. The highest BCUT2D eigenvalue weighted by Crippen LogP contribution is 2.09. The van der Waals surface area contributed by atoms with E-state index in [0.717, 1.165) is 19.8 Å². The summed E-state index contributed by atoms with van der Waals surface area (Å²) in [5.41, 5.74) is 0. The predicted octanol–water partition coefficient (Wildman–Crippen LogP) is 1.10. The van der Waals surface area contributed by atoms with Gasteiger partial charge in [-0.05, 0) is 39.9 Å². The Bertz CT molecular complexity index is 133. The van der Waals surface area contributed by atoms with E-state index in [4.69, 9.17) is 4.74 Å². The molecule has 0 aromatic carbocycles. The van der Waals surface area contributed by atoms with E-state index in [0.29, 0.717) is 6.04 Å². The molecular weight excluding hydrogens is 176 g/mol. The second kappa shape index (κ2) is 7.21. The maximum Gasteiger partial charge on any atom is 0.0593 e. The largest absolute Gasteiger partial charge is 0.380 e. The summed E-state index contributed by atoms with van der Waals surface area (Å²) in [6.07, 6.45) is 5.23. The van der Waals surface area contributed by atoms with E-state index >= 15 is 0 Å². The molecule has 0 aromatic rings. The summed E-state index contributed by atoms with van der Waals surface area (Å²) in [6, 6.07) is 0.711. The van der Waals surface area contributed by atoms with Gasteiger partial charge in [0.15, 0.2) is 0 Å². The van der Waals surface area contributed by atoms with Crippen molar-refractivity contribution >= 4 is 0 Å². The molecule has 0 saturated carbocycles. The van der Waals surface area contributed by atoms with Crippen molar-refractivity contribution in [1.82, 2.24) is 10.2 Å². The van der Waals surface area contributed by atoms with Gasteiger partial charge in [-0.2, -0.15) is 0 Å². The molecule has 1 aliphatic rings. The lowest BCUT2D eigenvalue weighted by Crippen LogP contribution is -2.35. The van der Waals surface area contributed by atoms with E-state index in [1.807, 2.05) is 0 Å². The Morgan fingerprint density at radius 3 is 2.79 bits per heavy atom. The number of rotatable bonds is 6. The first-order valence-electron chi connectivity index (χ1n) is 5.75. The SMILES string of the molecule is CN(C)CCOCCC1CCCCN1. The molecule has 1 unspecified atom stereocenters. The summed E-state index contributed by atoms with van der Waals surface area (Å²) in [6.45, 7) is 3.99. The normalized spacial score (nSPS) is 22.9. The zero-order valence-electron chi connectivity index (χ0n) is 9.59. The fourth-order valence-electron chi connectivity index (χ4n) is 1.75. The third kappa shape index (κ3) is 5.58. The number of piperidine rings is 1. The molecular formula is C11H24N2O. The van der Waals surface area contributed by atoms with Gasteiger partial charge in [0.1, 0.15) is 0 Å². The zero-order valence-corrected chi connectivity index (χ0v) is 9.59. The van der Waals surface area contributed by atoms with Crippen molar-refractivity contribution in [2.24, 2.45) is 0 Å². The molecule has 1 fully saturated rings. The highest BCUT2D eigenvalue weighted by Gasteiger charge is 2.11. The molecule has 3 heteroatoms. The lowest BCUT2D eigenvalue weighted by Gasteiger charge is -2.23. The average Bonchev–Trinajstić information content (AvgIpc) is 2.18. The lowest BCUT2D eigenvalue weighted by molar-refractivity contribution is 0.106. The van der Waals surface area contributed by atoms with E-state index in [2.05, 4.69) is 24.3 Å². The van der Waals surface area contributed by atoms with Gasteiger partial charge in [-0.1, -0.05) is 6.42 Å². The van der Waals surface area contributed by atoms with E-state index in [1.54, 1.807) is 0 Å². The molecule has 0 radical (unpaired) electrons. The summed E-state index contributed by atoms with van der Waals surface area (Å²) in [4.78, 5) is 2.15. The van der Waals surface area contributed by atoms with Crippen LogP contribution in [0.1, 0.15) is 25.7 Å². The smallest absolute Gasteiger partial charge is 0.0593 e. The summed E-state index contributed by atoms with van der Waals surface area (Å²) in [7, 11) is 4.15. The molecule has 0 bridgehead atoms. The Balaban J connectivity index is 1.87. The Kier molecular flexibility index (Phi) is 6.15. The van der Waals surface area contributed by atoms with Crippen LogP contribution in [0.2, 0.25) is 0 Å². The van der Waals surface area contributed by atoms with Crippen LogP contribution < -0.4 is 5.32 Å². The molecule has 0 aliphatic carbocycles. The third-order valence-electron chi connectivity index (χ3n) is 2.71. The fourth-order valence-corrected chi connectivity index (χ4v) is 1.75. The van der Waals surface area contributed by atoms with Crippen molar-refractivity contribution in [3.05, 3.63) is 0 Å². The molecule has 1 atom stereocenters. The van der Waals surface area contributed by atoms with Gasteiger partial charge in [-0.3, -0.25) is 0 Å². The molecule has 14 heavy (non-hydrogen) atoms. The van der Waals surface area contributed by atoms with Crippen LogP contribution in [-0.2, 0) is 4.74 Å². The molecule has 84 valence electrons. The first kappa shape index (κ1) is 12.0. The Morgan fingerprint density at radius 1 is 1.29 bits per heavy atom. The van der Waals surface area contributed by atoms with Crippen LogP contribution in [0.25, 0.3) is 0 Å². The van der Waals surface area contributed by atoms with Crippen LogP contribution in [0.3, 0.4) is 0 Å². The van der Waals surface area contributed by atoms with Crippen LogP contribution in [0.15, 0.2) is 0 Å². The van der Waals surface area contributed by atoms with Gasteiger partial charge < -0.3 is 15.0 Å². The molecule has 1 N–H and O–H groups in total. The number of likely N-dealkylation sites (N-methyl/N-ethyl adjacent to an activating group) is 1. The minimum absolute atomic E-state index is 0.711. The van der Waals surface area contributed by atoms with E-state index in [-0.39, 0.29) is 0 Å². The van der Waals surface area contributed by atoms with Crippen molar-refractivity contribution in [3.63, 3.8) is 0 Å². The minimum atomic E-state index is 0.711. The highest BCUT2D eigenvalue weighted by atomic mass is 16.5. The van der Waals surface area contributed by atoms with Gasteiger partial charge in [-0.15, -0.1) is 0 Å². The number of hydrogen-bond donors (Lipinski definition) is 1. The van der Waals surface area contributed by atoms with Crippen LogP contribution in [-0.4, -0.2) is 51.3 Å². The molecule has 0 aromatic heterocycles. The molecule has 1 saturated heterocycles. The number of nitrogens with one attached hydrogen (secondary N) is 1. The van der Waals surface area contributed by atoms with Crippen LogP contribution >= 0.6 is 0 Å². The Morgan fingerprint density at radius 2 is 2.14 bits per heavy atom. The first-order chi connectivity index (χ1) is 6.79. The quantitative estimate of drug-likeness (QED) is 0.650. The highest BCUT2D eigenvalue weighted by molar-refractivity contribution is 4.71. The van der Waals surface area contributed by atoms with Crippen molar-refractivity contribution in [3.8, 4) is 0 Å².